The minimum absolute atomic E-state index is 0.232. The van der Waals surface area contributed by atoms with Gasteiger partial charge in [-0.3, -0.25) is 9.88 Å². The molecular weight excluding hydrogens is 534 g/mol. The Kier molecular flexibility index (Phi) is 5.62. The molecule has 0 N–H and O–H groups in total. The standard InChI is InChI=1S/C37H27N3OS/c1-37(2)28-17-16-26(41-25-11-9-10-24(22-25)30-13-5-7-20-38-30)23-31(28)40(34-15-6-8-21-39-34)36-29(37)18-19-33-35(36)27-12-3-4-14-32(27)42-33/h3-23H,1-2H3. The van der Waals surface area contributed by atoms with E-state index in [9.17, 15) is 0 Å². The molecule has 8 rings (SSSR count). The normalized spacial score (nSPS) is 13.6. The number of rotatable bonds is 4. The Balaban J connectivity index is 1.32. The Morgan fingerprint density at radius 2 is 1.45 bits per heavy atom. The minimum atomic E-state index is -0.232. The SMILES string of the molecule is CC1(C)c2ccc(Oc3cccc(-c4ccccn4)c3)cc2N(c2ccccn2)c2c1ccc1sc3ccccc3c21. The van der Waals surface area contributed by atoms with Crippen LogP contribution in [0, 0.1) is 0 Å². The Hall–Kier alpha value is -5.00. The van der Waals surface area contributed by atoms with Gasteiger partial charge in [0.1, 0.15) is 17.3 Å². The fourth-order valence-electron chi connectivity index (χ4n) is 6.20. The Morgan fingerprint density at radius 3 is 2.29 bits per heavy atom. The first-order valence-corrected chi connectivity index (χ1v) is 14.9. The molecular formula is C37H27N3OS. The van der Waals surface area contributed by atoms with Crippen molar-refractivity contribution < 1.29 is 4.74 Å². The number of nitrogens with zero attached hydrogens (tertiary/aromatic N) is 3. The number of fused-ring (bicyclic) bond motifs is 6. The molecule has 5 heteroatoms. The lowest BCUT2D eigenvalue weighted by Crippen LogP contribution is -2.31. The number of aromatic nitrogens is 2. The van der Waals surface area contributed by atoms with Crippen LogP contribution >= 0.6 is 11.3 Å². The molecule has 0 spiro atoms. The van der Waals surface area contributed by atoms with E-state index in [0.717, 1.165) is 34.3 Å². The van der Waals surface area contributed by atoms with E-state index in [-0.39, 0.29) is 5.41 Å². The average molecular weight is 562 g/mol. The molecule has 42 heavy (non-hydrogen) atoms. The van der Waals surface area contributed by atoms with Crippen molar-refractivity contribution in [3.05, 3.63) is 139 Å². The molecule has 4 aromatic carbocycles. The van der Waals surface area contributed by atoms with Crippen molar-refractivity contribution in [3.8, 4) is 22.8 Å². The zero-order valence-corrected chi connectivity index (χ0v) is 24.1. The molecule has 0 fully saturated rings. The third kappa shape index (κ3) is 3.89. The molecule has 0 aliphatic carbocycles. The smallest absolute Gasteiger partial charge is 0.137 e. The van der Waals surface area contributed by atoms with Gasteiger partial charge in [0, 0.05) is 49.6 Å². The van der Waals surface area contributed by atoms with Gasteiger partial charge in [0.25, 0.3) is 0 Å². The maximum atomic E-state index is 6.52. The van der Waals surface area contributed by atoms with Crippen molar-refractivity contribution in [1.29, 1.82) is 0 Å². The molecule has 4 nitrogen and oxygen atoms in total. The average Bonchev–Trinajstić information content (AvgIpc) is 3.41. The Bertz CT molecular complexity index is 2100. The van der Waals surface area contributed by atoms with E-state index in [1.54, 1.807) is 0 Å². The van der Waals surface area contributed by atoms with Crippen LogP contribution in [-0.2, 0) is 5.41 Å². The van der Waals surface area contributed by atoms with E-state index in [0.29, 0.717) is 0 Å². The Labute approximate surface area is 248 Å². The quantitative estimate of drug-likeness (QED) is 0.214. The van der Waals surface area contributed by atoms with Crippen LogP contribution in [0.15, 0.2) is 128 Å². The Morgan fingerprint density at radius 1 is 0.667 bits per heavy atom. The van der Waals surface area contributed by atoms with Crippen molar-refractivity contribution in [2.24, 2.45) is 0 Å². The van der Waals surface area contributed by atoms with Gasteiger partial charge in [-0.15, -0.1) is 11.3 Å². The molecule has 0 bridgehead atoms. The lowest BCUT2D eigenvalue weighted by Gasteiger charge is -2.42. The number of hydrogen-bond donors (Lipinski definition) is 0. The van der Waals surface area contributed by atoms with Gasteiger partial charge in [0.2, 0.25) is 0 Å². The summed E-state index contributed by atoms with van der Waals surface area (Å²) in [5.41, 5.74) is 6.48. The van der Waals surface area contributed by atoms with Crippen molar-refractivity contribution in [3.63, 3.8) is 0 Å². The number of thiophene rings is 1. The summed E-state index contributed by atoms with van der Waals surface area (Å²) < 4.78 is 9.08. The molecule has 7 aromatic rings. The predicted molar refractivity (Wildman–Crippen MR) is 174 cm³/mol. The second-order valence-corrected chi connectivity index (χ2v) is 12.2. The summed E-state index contributed by atoms with van der Waals surface area (Å²) >= 11 is 1.84. The summed E-state index contributed by atoms with van der Waals surface area (Å²) in [5, 5.41) is 2.54. The fourth-order valence-corrected chi connectivity index (χ4v) is 7.31. The number of benzene rings is 4. The fraction of sp³-hybridized carbons (Fsp3) is 0.0811. The zero-order chi connectivity index (χ0) is 28.3. The summed E-state index contributed by atoms with van der Waals surface area (Å²) in [6.07, 6.45) is 3.68. The van der Waals surface area contributed by atoms with Crippen LogP contribution in [0.4, 0.5) is 17.2 Å². The summed E-state index contributed by atoms with van der Waals surface area (Å²) in [4.78, 5) is 11.7. The van der Waals surface area contributed by atoms with Gasteiger partial charge in [-0.25, -0.2) is 4.98 Å². The lowest BCUT2D eigenvalue weighted by atomic mass is 9.73. The third-order valence-corrected chi connectivity index (χ3v) is 9.34. The first-order chi connectivity index (χ1) is 20.6. The first kappa shape index (κ1) is 24.8. The highest BCUT2D eigenvalue weighted by Crippen LogP contribution is 2.56. The van der Waals surface area contributed by atoms with E-state index in [2.05, 4.69) is 96.5 Å². The summed E-state index contributed by atoms with van der Waals surface area (Å²) in [5.74, 6) is 2.42. The second-order valence-electron chi connectivity index (χ2n) is 11.1. The first-order valence-electron chi connectivity index (χ1n) is 14.1. The molecule has 3 aromatic heterocycles. The molecule has 0 saturated carbocycles. The second kappa shape index (κ2) is 9.54. The summed E-state index contributed by atoms with van der Waals surface area (Å²) in [6, 6.07) is 39.9. The molecule has 4 heterocycles. The van der Waals surface area contributed by atoms with Gasteiger partial charge in [-0.05, 0) is 65.7 Å². The van der Waals surface area contributed by atoms with Crippen LogP contribution in [-0.4, -0.2) is 9.97 Å². The van der Waals surface area contributed by atoms with Gasteiger partial charge < -0.3 is 4.74 Å². The third-order valence-electron chi connectivity index (χ3n) is 8.21. The van der Waals surface area contributed by atoms with E-state index in [1.807, 2.05) is 66.2 Å². The number of ether oxygens (including phenoxy) is 1. The highest BCUT2D eigenvalue weighted by Gasteiger charge is 2.39. The van der Waals surface area contributed by atoms with E-state index in [1.165, 1.54) is 37.0 Å². The van der Waals surface area contributed by atoms with Gasteiger partial charge in [-0.2, -0.15) is 0 Å². The topological polar surface area (TPSA) is 38.2 Å². The van der Waals surface area contributed by atoms with Crippen molar-refractivity contribution in [2.75, 3.05) is 4.90 Å². The van der Waals surface area contributed by atoms with E-state index < -0.39 is 0 Å². The molecule has 0 unspecified atom stereocenters. The predicted octanol–water partition coefficient (Wildman–Crippen LogP) is 10.4. The highest BCUT2D eigenvalue weighted by atomic mass is 32.1. The molecule has 0 atom stereocenters. The molecule has 0 radical (unpaired) electrons. The van der Waals surface area contributed by atoms with E-state index in [4.69, 9.17) is 9.72 Å². The van der Waals surface area contributed by atoms with Crippen molar-refractivity contribution >= 4 is 48.7 Å². The molecule has 1 aliphatic heterocycles. The molecule has 202 valence electrons. The van der Waals surface area contributed by atoms with Crippen LogP contribution in [0.25, 0.3) is 31.4 Å². The van der Waals surface area contributed by atoms with Gasteiger partial charge in [0.15, 0.2) is 0 Å². The highest BCUT2D eigenvalue weighted by molar-refractivity contribution is 7.26. The molecule has 1 aliphatic rings. The number of pyridine rings is 2. The van der Waals surface area contributed by atoms with Gasteiger partial charge in [0.05, 0.1) is 17.1 Å². The van der Waals surface area contributed by atoms with Gasteiger partial charge in [-0.1, -0.05) is 68.4 Å². The van der Waals surface area contributed by atoms with Gasteiger partial charge >= 0.3 is 0 Å². The number of anilines is 3. The zero-order valence-electron chi connectivity index (χ0n) is 23.3. The summed E-state index contributed by atoms with van der Waals surface area (Å²) in [7, 11) is 0. The number of hydrogen-bond acceptors (Lipinski definition) is 5. The van der Waals surface area contributed by atoms with Crippen LogP contribution in [0.1, 0.15) is 25.0 Å². The lowest BCUT2D eigenvalue weighted by molar-refractivity contribution is 0.482. The largest absolute Gasteiger partial charge is 0.457 e. The molecule has 0 amide bonds. The van der Waals surface area contributed by atoms with E-state index >= 15 is 0 Å². The van der Waals surface area contributed by atoms with Crippen molar-refractivity contribution in [1.82, 2.24) is 9.97 Å². The van der Waals surface area contributed by atoms with Crippen molar-refractivity contribution in [2.45, 2.75) is 19.3 Å². The van der Waals surface area contributed by atoms with Crippen LogP contribution < -0.4 is 9.64 Å². The summed E-state index contributed by atoms with van der Waals surface area (Å²) in [6.45, 7) is 4.63. The van der Waals surface area contributed by atoms with Crippen LogP contribution in [0.3, 0.4) is 0 Å². The maximum absolute atomic E-state index is 6.52. The maximum Gasteiger partial charge on any atom is 0.137 e. The minimum Gasteiger partial charge on any atom is -0.457 e. The van der Waals surface area contributed by atoms with Crippen LogP contribution in [0.5, 0.6) is 11.5 Å². The monoisotopic (exact) mass is 561 g/mol. The van der Waals surface area contributed by atoms with Crippen LogP contribution in [0.2, 0.25) is 0 Å². The molecule has 0 saturated heterocycles.